The first-order valence-electron chi connectivity index (χ1n) is 8.06. The molecule has 3 aromatic rings. The summed E-state index contributed by atoms with van der Waals surface area (Å²) in [6.07, 6.45) is 0. The minimum absolute atomic E-state index is 0.163. The summed E-state index contributed by atoms with van der Waals surface area (Å²) in [4.78, 5) is 25.0. The predicted molar refractivity (Wildman–Crippen MR) is 107 cm³/mol. The van der Waals surface area contributed by atoms with Crippen molar-refractivity contribution in [3.05, 3.63) is 74.5 Å². The fourth-order valence-electron chi connectivity index (χ4n) is 2.50. The molecule has 0 amide bonds. The van der Waals surface area contributed by atoms with E-state index in [2.05, 4.69) is 15.0 Å². The lowest BCUT2D eigenvalue weighted by Gasteiger charge is -2.14. The second kappa shape index (κ2) is 8.34. The van der Waals surface area contributed by atoms with Crippen LogP contribution in [0.3, 0.4) is 0 Å². The van der Waals surface area contributed by atoms with Crippen molar-refractivity contribution in [2.75, 3.05) is 7.11 Å². The highest BCUT2D eigenvalue weighted by atomic mass is 35.5. The van der Waals surface area contributed by atoms with E-state index in [0.29, 0.717) is 5.02 Å². The quantitative estimate of drug-likeness (QED) is 0.454. The summed E-state index contributed by atoms with van der Waals surface area (Å²) in [5.41, 5.74) is -1.71. The van der Waals surface area contributed by atoms with Crippen molar-refractivity contribution < 1.29 is 19.7 Å². The molecule has 10 heteroatoms. The van der Waals surface area contributed by atoms with Gasteiger partial charge >= 0.3 is 5.97 Å². The SMILES string of the molecule is COC(=O)c1c(O)c(N=Nc2ccc(Cl)cc2Cl)c(=O)n(-c2ccccc2)c1O. The van der Waals surface area contributed by atoms with Crippen LogP contribution in [0.5, 0.6) is 11.6 Å². The first-order chi connectivity index (χ1) is 13.8. The van der Waals surface area contributed by atoms with Crippen LogP contribution in [-0.2, 0) is 4.74 Å². The van der Waals surface area contributed by atoms with Crippen LogP contribution in [0, 0.1) is 0 Å². The Morgan fingerprint density at radius 3 is 2.38 bits per heavy atom. The third-order valence-electron chi connectivity index (χ3n) is 3.87. The Kier molecular flexibility index (Phi) is 5.86. The van der Waals surface area contributed by atoms with Crippen LogP contribution >= 0.6 is 23.2 Å². The number of ether oxygens (including phenoxy) is 1. The molecule has 0 radical (unpaired) electrons. The van der Waals surface area contributed by atoms with Gasteiger partial charge in [-0.25, -0.2) is 9.36 Å². The number of benzene rings is 2. The van der Waals surface area contributed by atoms with E-state index < -0.39 is 34.4 Å². The monoisotopic (exact) mass is 433 g/mol. The van der Waals surface area contributed by atoms with Gasteiger partial charge in [-0.3, -0.25) is 4.79 Å². The third kappa shape index (κ3) is 3.94. The maximum absolute atomic E-state index is 12.9. The average molecular weight is 434 g/mol. The van der Waals surface area contributed by atoms with E-state index in [-0.39, 0.29) is 16.4 Å². The fourth-order valence-corrected chi connectivity index (χ4v) is 2.95. The lowest BCUT2D eigenvalue weighted by Crippen LogP contribution is -2.21. The molecule has 3 rings (SSSR count). The van der Waals surface area contributed by atoms with Gasteiger partial charge in [-0.1, -0.05) is 41.4 Å². The van der Waals surface area contributed by atoms with Crippen LogP contribution in [0.15, 0.2) is 63.6 Å². The standard InChI is InChI=1S/C19H13Cl2N3O5/c1-29-19(28)14-16(25)15(23-22-13-8-7-10(20)9-12(13)21)18(27)24(17(14)26)11-5-3-2-4-6-11/h2-9,25-26H,1H3. The van der Waals surface area contributed by atoms with E-state index in [4.69, 9.17) is 23.2 Å². The van der Waals surface area contributed by atoms with E-state index >= 15 is 0 Å². The summed E-state index contributed by atoms with van der Waals surface area (Å²) < 4.78 is 5.41. The lowest BCUT2D eigenvalue weighted by molar-refractivity contribution is 0.0592. The summed E-state index contributed by atoms with van der Waals surface area (Å²) >= 11 is 11.9. The molecule has 0 saturated carbocycles. The largest absolute Gasteiger partial charge is 0.504 e. The second-order valence-corrected chi connectivity index (χ2v) is 6.50. The highest BCUT2D eigenvalue weighted by molar-refractivity contribution is 6.36. The van der Waals surface area contributed by atoms with Gasteiger partial charge in [0.15, 0.2) is 17.0 Å². The molecule has 0 spiro atoms. The van der Waals surface area contributed by atoms with Crippen LogP contribution in [0.25, 0.3) is 5.69 Å². The van der Waals surface area contributed by atoms with Crippen molar-refractivity contribution in [3.63, 3.8) is 0 Å². The van der Waals surface area contributed by atoms with Crippen LogP contribution in [-0.4, -0.2) is 27.9 Å². The number of para-hydroxylation sites is 1. The summed E-state index contributed by atoms with van der Waals surface area (Å²) in [6.45, 7) is 0. The van der Waals surface area contributed by atoms with Gasteiger partial charge in [0.1, 0.15) is 5.69 Å². The number of halogens is 2. The maximum atomic E-state index is 12.9. The van der Waals surface area contributed by atoms with Crippen molar-refractivity contribution in [3.8, 4) is 17.3 Å². The van der Waals surface area contributed by atoms with Crippen LogP contribution in [0.4, 0.5) is 11.4 Å². The number of methoxy groups -OCH3 is 1. The summed E-state index contributed by atoms with van der Waals surface area (Å²) in [5, 5.41) is 29.1. The number of pyridine rings is 1. The molecule has 1 heterocycles. The average Bonchev–Trinajstić information content (AvgIpc) is 2.70. The minimum atomic E-state index is -1.06. The predicted octanol–water partition coefficient (Wildman–Crippen LogP) is 4.76. The van der Waals surface area contributed by atoms with Gasteiger partial charge < -0.3 is 14.9 Å². The molecule has 0 aliphatic carbocycles. The van der Waals surface area contributed by atoms with Gasteiger partial charge in [0.2, 0.25) is 5.88 Å². The molecule has 0 fully saturated rings. The molecule has 2 aromatic carbocycles. The number of azo groups is 1. The fraction of sp³-hybridized carbons (Fsp3) is 0.0526. The van der Waals surface area contributed by atoms with E-state index in [1.54, 1.807) is 18.2 Å². The Balaban J connectivity index is 2.27. The zero-order chi connectivity index (χ0) is 21.1. The molecule has 0 bridgehead atoms. The first-order valence-corrected chi connectivity index (χ1v) is 8.82. The topological polar surface area (TPSA) is 113 Å². The number of rotatable bonds is 4. The normalized spacial score (nSPS) is 11.0. The first kappa shape index (κ1) is 20.4. The molecule has 0 atom stereocenters. The number of carbonyl (C=O) groups excluding carboxylic acids is 1. The molecule has 148 valence electrons. The highest BCUT2D eigenvalue weighted by Gasteiger charge is 2.28. The number of aromatic hydroxyl groups is 2. The Hall–Kier alpha value is -3.36. The summed E-state index contributed by atoms with van der Waals surface area (Å²) in [7, 11) is 1.06. The smallest absolute Gasteiger partial charge is 0.347 e. The Morgan fingerprint density at radius 2 is 1.76 bits per heavy atom. The Bertz CT molecular complexity index is 1180. The maximum Gasteiger partial charge on any atom is 0.347 e. The van der Waals surface area contributed by atoms with E-state index in [1.807, 2.05) is 0 Å². The second-order valence-electron chi connectivity index (χ2n) is 5.66. The van der Waals surface area contributed by atoms with Crippen LogP contribution < -0.4 is 5.56 Å². The van der Waals surface area contributed by atoms with Crippen LogP contribution in [0.2, 0.25) is 10.0 Å². The molecule has 8 nitrogen and oxygen atoms in total. The van der Waals surface area contributed by atoms with Crippen molar-refractivity contribution in [2.24, 2.45) is 10.2 Å². The molecular weight excluding hydrogens is 421 g/mol. The molecule has 0 aliphatic rings. The summed E-state index contributed by atoms with van der Waals surface area (Å²) in [6, 6.07) is 12.4. The Labute approximate surface area is 174 Å². The molecule has 0 saturated heterocycles. The highest BCUT2D eigenvalue weighted by Crippen LogP contribution is 2.36. The van der Waals surface area contributed by atoms with Crippen molar-refractivity contribution in [1.29, 1.82) is 0 Å². The number of nitrogens with zero attached hydrogens (tertiary/aromatic N) is 3. The molecule has 2 N–H and O–H groups in total. The molecular formula is C19H13Cl2N3O5. The van der Waals surface area contributed by atoms with Gasteiger partial charge in [-0.05, 0) is 30.3 Å². The van der Waals surface area contributed by atoms with Crippen molar-refractivity contribution in [2.45, 2.75) is 0 Å². The number of hydrogen-bond acceptors (Lipinski definition) is 7. The van der Waals surface area contributed by atoms with Gasteiger partial charge in [0.05, 0.1) is 17.8 Å². The number of hydrogen-bond donors (Lipinski definition) is 2. The number of aromatic nitrogens is 1. The Morgan fingerprint density at radius 1 is 1.07 bits per heavy atom. The van der Waals surface area contributed by atoms with E-state index in [0.717, 1.165) is 11.7 Å². The van der Waals surface area contributed by atoms with Gasteiger partial charge in [-0.15, -0.1) is 10.2 Å². The van der Waals surface area contributed by atoms with Crippen molar-refractivity contribution >= 4 is 40.5 Å². The third-order valence-corrected chi connectivity index (χ3v) is 4.41. The molecule has 29 heavy (non-hydrogen) atoms. The van der Waals surface area contributed by atoms with Crippen LogP contribution in [0.1, 0.15) is 10.4 Å². The van der Waals surface area contributed by atoms with Gasteiger partial charge in [0.25, 0.3) is 5.56 Å². The summed E-state index contributed by atoms with van der Waals surface area (Å²) in [5.74, 6) is -2.74. The minimum Gasteiger partial charge on any atom is -0.504 e. The van der Waals surface area contributed by atoms with E-state index in [1.165, 1.54) is 30.3 Å². The van der Waals surface area contributed by atoms with Gasteiger partial charge in [-0.2, -0.15) is 0 Å². The molecule has 0 aliphatic heterocycles. The van der Waals surface area contributed by atoms with Gasteiger partial charge in [0, 0.05) is 5.02 Å². The molecule has 0 unspecified atom stereocenters. The lowest BCUT2D eigenvalue weighted by atomic mass is 10.2. The zero-order valence-electron chi connectivity index (χ0n) is 14.8. The van der Waals surface area contributed by atoms with Crippen molar-refractivity contribution in [1.82, 2.24) is 4.57 Å². The molecule has 1 aromatic heterocycles. The number of esters is 1. The number of carbonyl (C=O) groups is 1. The zero-order valence-corrected chi connectivity index (χ0v) is 16.3. The van der Waals surface area contributed by atoms with E-state index in [9.17, 15) is 19.8 Å².